The van der Waals surface area contributed by atoms with Crippen molar-refractivity contribution in [3.05, 3.63) is 11.5 Å². The normalized spacial score (nSPS) is 6.14. The number of nitrogens with one attached hydrogen (secondary N) is 2. The summed E-state index contributed by atoms with van der Waals surface area (Å²) in [4.78, 5) is 12.2. The second kappa shape index (κ2) is 2.78. The highest BCUT2D eigenvalue weighted by Crippen LogP contribution is 1.46. The van der Waals surface area contributed by atoms with Crippen molar-refractivity contribution < 1.29 is 4.79 Å². The highest BCUT2D eigenvalue weighted by Gasteiger charge is 1.83. The van der Waals surface area contributed by atoms with E-state index in [2.05, 4.69) is 10.7 Å². The fraction of sp³-hybridized carbons (Fsp3) is 0. The number of hydrazine groups is 1. The lowest BCUT2D eigenvalue weighted by molar-refractivity contribution is 0.246. The maximum absolute atomic E-state index is 9.66. The van der Waals surface area contributed by atoms with Crippen LogP contribution in [0.4, 0.5) is 4.79 Å². The minimum Gasteiger partial charge on any atom is -0.350 e. The van der Waals surface area contributed by atoms with E-state index in [-0.39, 0.29) is 0 Å². The van der Waals surface area contributed by atoms with Crippen molar-refractivity contribution in [1.29, 1.82) is 0 Å². The number of rotatable bonds is 1. The largest absolute Gasteiger partial charge is 0.350 e. The van der Waals surface area contributed by atoms with E-state index in [0.717, 1.165) is 0 Å². The van der Waals surface area contributed by atoms with Gasteiger partial charge in [-0.15, -0.1) is 4.95 Å². The van der Waals surface area contributed by atoms with Gasteiger partial charge in [0, 0.05) is 0 Å². The molecule has 0 aliphatic rings. The van der Waals surface area contributed by atoms with E-state index in [1.54, 1.807) is 0 Å². The van der Waals surface area contributed by atoms with Crippen LogP contribution >= 0.6 is 0 Å². The molecule has 0 aromatic carbocycles. The van der Waals surface area contributed by atoms with E-state index in [1.807, 2.05) is 11.0 Å². The van der Waals surface area contributed by atoms with Crippen LogP contribution in [0.25, 0.3) is 4.95 Å². The molecule has 0 radical (unpaired) electrons. The number of primary amides is 1. The van der Waals surface area contributed by atoms with Gasteiger partial charge in [0.25, 0.3) is 0 Å². The molecule has 0 aromatic heterocycles. The molecule has 2 amide bonds. The standard InChI is InChI=1S/C2H4N4O/c1-4-6-5-2(3)7/h6H,(H3,3,5,7). The van der Waals surface area contributed by atoms with E-state index in [0.29, 0.717) is 0 Å². The van der Waals surface area contributed by atoms with E-state index in [4.69, 9.17) is 6.57 Å². The molecular formula is C2H4N4O. The van der Waals surface area contributed by atoms with Crippen LogP contribution in [0, 0.1) is 6.57 Å². The van der Waals surface area contributed by atoms with Crippen molar-refractivity contribution in [2.45, 2.75) is 0 Å². The van der Waals surface area contributed by atoms with Gasteiger partial charge in [0.05, 0.1) is 0 Å². The topological polar surface area (TPSA) is 71.5 Å². The molecule has 0 saturated carbocycles. The zero-order valence-corrected chi connectivity index (χ0v) is 3.43. The van der Waals surface area contributed by atoms with Crippen LogP contribution in [-0.4, -0.2) is 6.03 Å². The Kier molecular flexibility index (Phi) is 2.21. The maximum Gasteiger partial charge on any atom is 0.335 e. The van der Waals surface area contributed by atoms with Gasteiger partial charge in [-0.25, -0.2) is 4.79 Å². The van der Waals surface area contributed by atoms with E-state index < -0.39 is 6.03 Å². The number of nitrogens with two attached hydrogens (primary N) is 1. The quantitative estimate of drug-likeness (QED) is 0.292. The van der Waals surface area contributed by atoms with Gasteiger partial charge in [-0.3, -0.25) is 0 Å². The summed E-state index contributed by atoms with van der Waals surface area (Å²) in [6.45, 7) is 6.04. The second-order valence-corrected chi connectivity index (χ2v) is 0.713. The monoisotopic (exact) mass is 100 g/mol. The lowest BCUT2D eigenvalue weighted by Gasteiger charge is -1.86. The number of urea groups is 1. The van der Waals surface area contributed by atoms with Gasteiger partial charge in [-0.1, -0.05) is 0 Å². The molecule has 0 aliphatic heterocycles. The first-order valence-corrected chi connectivity index (χ1v) is 1.44. The van der Waals surface area contributed by atoms with E-state index in [1.165, 1.54) is 0 Å². The molecule has 5 nitrogen and oxygen atoms in total. The minimum absolute atomic E-state index is 0.768. The Morgan fingerprint density at radius 2 is 2.43 bits per heavy atom. The fourth-order valence-corrected chi connectivity index (χ4v) is 0.0830. The number of carbonyl (C=O) groups is 1. The summed E-state index contributed by atoms with van der Waals surface area (Å²) in [5.41, 5.74) is 8.17. The van der Waals surface area contributed by atoms with Crippen molar-refractivity contribution in [1.82, 2.24) is 11.0 Å². The Morgan fingerprint density at radius 1 is 1.86 bits per heavy atom. The number of hydrogen-bond acceptors (Lipinski definition) is 2. The molecule has 0 atom stereocenters. The van der Waals surface area contributed by atoms with Crippen molar-refractivity contribution in [3.8, 4) is 0 Å². The first kappa shape index (κ1) is 5.56. The lowest BCUT2D eigenvalue weighted by Crippen LogP contribution is -2.36. The number of carbonyl (C=O) groups excluding carboxylic acids is 1. The van der Waals surface area contributed by atoms with Gasteiger partial charge < -0.3 is 5.73 Å². The molecule has 0 saturated heterocycles. The van der Waals surface area contributed by atoms with Gasteiger partial charge in [0.15, 0.2) is 0 Å². The summed E-state index contributed by atoms with van der Waals surface area (Å²) in [6, 6.07) is -0.768. The van der Waals surface area contributed by atoms with E-state index in [9.17, 15) is 4.79 Å². The van der Waals surface area contributed by atoms with Crippen molar-refractivity contribution in [2.75, 3.05) is 0 Å². The van der Waals surface area contributed by atoms with Crippen LogP contribution < -0.4 is 16.7 Å². The summed E-state index contributed by atoms with van der Waals surface area (Å²) < 4.78 is 0. The molecule has 0 heterocycles. The highest BCUT2D eigenvalue weighted by atomic mass is 16.2. The molecule has 38 valence electrons. The fourth-order valence-electron chi connectivity index (χ4n) is 0.0830. The molecule has 0 fully saturated rings. The average molecular weight is 100 g/mol. The predicted octanol–water partition coefficient (Wildman–Crippen LogP) is -1.01. The van der Waals surface area contributed by atoms with Crippen LogP contribution in [0.5, 0.6) is 0 Å². The number of hydrogen-bond donors (Lipinski definition) is 3. The van der Waals surface area contributed by atoms with Crippen molar-refractivity contribution in [2.24, 2.45) is 5.73 Å². The van der Waals surface area contributed by atoms with Crippen LogP contribution in [0.3, 0.4) is 0 Å². The molecule has 0 aliphatic carbocycles. The zero-order chi connectivity index (χ0) is 5.70. The molecule has 0 unspecified atom stereocenters. The summed E-state index contributed by atoms with van der Waals surface area (Å²) in [5, 5.41) is 0. The molecule has 0 rings (SSSR count). The molecule has 0 spiro atoms. The SMILES string of the molecule is [C-]#[N+]NNC(N)=O. The predicted molar refractivity (Wildman–Crippen MR) is 22.5 cm³/mol. The third-order valence-electron chi connectivity index (χ3n) is 0.235. The molecule has 0 bridgehead atoms. The zero-order valence-electron chi connectivity index (χ0n) is 3.43. The molecule has 7 heavy (non-hydrogen) atoms. The lowest BCUT2D eigenvalue weighted by atomic mass is 11.2. The third-order valence-corrected chi connectivity index (χ3v) is 0.235. The summed E-state index contributed by atoms with van der Waals surface area (Å²) in [7, 11) is 0. The Balaban J connectivity index is 3.02. The Morgan fingerprint density at radius 3 is 2.57 bits per heavy atom. The van der Waals surface area contributed by atoms with Gasteiger partial charge in [0.1, 0.15) is 0 Å². The maximum atomic E-state index is 9.66. The van der Waals surface area contributed by atoms with Gasteiger partial charge in [0.2, 0.25) is 0 Å². The second-order valence-electron chi connectivity index (χ2n) is 0.713. The molecule has 4 N–H and O–H groups in total. The number of amides is 2. The van der Waals surface area contributed by atoms with E-state index >= 15 is 0 Å². The van der Waals surface area contributed by atoms with Crippen LogP contribution in [0.2, 0.25) is 0 Å². The molecule has 5 heteroatoms. The first-order chi connectivity index (χ1) is 3.27. The Bertz CT molecular complexity index is 103. The van der Waals surface area contributed by atoms with Crippen LogP contribution in [0.15, 0.2) is 0 Å². The van der Waals surface area contributed by atoms with Crippen LogP contribution in [0.1, 0.15) is 0 Å². The molecule has 0 aromatic rings. The molecular weight excluding hydrogens is 96.0 g/mol. The Labute approximate surface area is 40.2 Å². The summed E-state index contributed by atoms with van der Waals surface area (Å²) in [5.74, 6) is 0. The van der Waals surface area contributed by atoms with Gasteiger partial charge in [-0.05, 0) is 5.53 Å². The third kappa shape index (κ3) is 4.56. The van der Waals surface area contributed by atoms with Crippen LogP contribution in [-0.2, 0) is 0 Å². The average Bonchev–Trinajstić information content (AvgIpc) is 1.61. The van der Waals surface area contributed by atoms with Gasteiger partial charge >= 0.3 is 6.03 Å². The Hall–Kier alpha value is -1.44. The minimum atomic E-state index is -0.768. The van der Waals surface area contributed by atoms with Crippen molar-refractivity contribution >= 4 is 6.03 Å². The highest BCUT2D eigenvalue weighted by molar-refractivity contribution is 5.70. The smallest absolute Gasteiger partial charge is 0.335 e. The number of nitrogens with zero attached hydrogens (tertiary/aromatic N) is 1. The first-order valence-electron chi connectivity index (χ1n) is 1.44. The van der Waals surface area contributed by atoms with Gasteiger partial charge in [-0.2, -0.15) is 12.0 Å². The summed E-state index contributed by atoms with van der Waals surface area (Å²) in [6.07, 6.45) is 0. The summed E-state index contributed by atoms with van der Waals surface area (Å²) >= 11 is 0. The van der Waals surface area contributed by atoms with Crippen molar-refractivity contribution in [3.63, 3.8) is 0 Å².